The Morgan fingerprint density at radius 2 is 1.68 bits per heavy atom. The maximum atomic E-state index is 10.1. The Bertz CT molecular complexity index is 374. The number of aryl methyl sites for hydroxylation is 2. The Labute approximate surface area is 116 Å². The van der Waals surface area contributed by atoms with Crippen molar-refractivity contribution in [1.29, 1.82) is 0 Å². The first kappa shape index (κ1) is 16.2. The maximum Gasteiger partial charge on any atom is 0.103 e. The fraction of sp³-hybridized carbons (Fsp3) is 0.625. The second-order valence-corrected chi connectivity index (χ2v) is 5.42. The first-order valence-corrected chi connectivity index (χ1v) is 6.91. The second kappa shape index (κ2) is 8.31. The van der Waals surface area contributed by atoms with Crippen LogP contribution in [0.1, 0.15) is 36.6 Å². The monoisotopic (exact) mass is 266 g/mol. The van der Waals surface area contributed by atoms with E-state index in [2.05, 4.69) is 13.8 Å². The lowest BCUT2D eigenvalue weighted by Gasteiger charge is -2.15. The highest BCUT2D eigenvalue weighted by atomic mass is 16.5. The summed E-state index contributed by atoms with van der Waals surface area (Å²) in [6.45, 7) is 10.4. The minimum atomic E-state index is -0.565. The normalized spacial score (nSPS) is 12.9. The summed E-state index contributed by atoms with van der Waals surface area (Å²) >= 11 is 0. The summed E-state index contributed by atoms with van der Waals surface area (Å²) in [5.74, 6) is 0.542. The summed E-state index contributed by atoms with van der Waals surface area (Å²) in [5, 5.41) is 10.1. The summed E-state index contributed by atoms with van der Waals surface area (Å²) < 4.78 is 10.9. The summed E-state index contributed by atoms with van der Waals surface area (Å²) in [7, 11) is 0. The minimum Gasteiger partial charge on any atom is -0.386 e. The van der Waals surface area contributed by atoms with E-state index < -0.39 is 6.10 Å². The van der Waals surface area contributed by atoms with E-state index in [1.54, 1.807) is 0 Å². The van der Waals surface area contributed by atoms with Crippen LogP contribution in [-0.2, 0) is 9.47 Å². The van der Waals surface area contributed by atoms with Crippen LogP contribution >= 0.6 is 0 Å². The number of hydrogen-bond donors (Lipinski definition) is 1. The standard InChI is InChI=1S/C16H26O3/c1-12(2)10-18-7-8-19-11-16(17)15-9-13(3)5-6-14(15)4/h5-6,9,12,16-17H,7-8,10-11H2,1-4H3. The fourth-order valence-electron chi connectivity index (χ4n) is 1.84. The molecular formula is C16H26O3. The second-order valence-electron chi connectivity index (χ2n) is 5.42. The Morgan fingerprint density at radius 3 is 2.32 bits per heavy atom. The molecule has 0 aliphatic heterocycles. The van der Waals surface area contributed by atoms with E-state index in [1.807, 2.05) is 32.0 Å². The Hall–Kier alpha value is -0.900. The minimum absolute atomic E-state index is 0.315. The first-order valence-electron chi connectivity index (χ1n) is 6.91. The zero-order valence-corrected chi connectivity index (χ0v) is 12.5. The van der Waals surface area contributed by atoms with E-state index in [1.165, 1.54) is 0 Å². The predicted molar refractivity (Wildman–Crippen MR) is 77.4 cm³/mol. The van der Waals surface area contributed by atoms with Gasteiger partial charge >= 0.3 is 0 Å². The molecule has 0 saturated heterocycles. The van der Waals surface area contributed by atoms with Gasteiger partial charge in [-0.05, 0) is 30.9 Å². The van der Waals surface area contributed by atoms with Gasteiger partial charge in [0.1, 0.15) is 6.10 Å². The largest absolute Gasteiger partial charge is 0.386 e. The highest BCUT2D eigenvalue weighted by molar-refractivity contribution is 5.32. The van der Waals surface area contributed by atoms with Crippen molar-refractivity contribution in [2.75, 3.05) is 26.4 Å². The van der Waals surface area contributed by atoms with Gasteiger partial charge in [-0.25, -0.2) is 0 Å². The van der Waals surface area contributed by atoms with Crippen molar-refractivity contribution in [2.45, 2.75) is 33.8 Å². The molecule has 0 radical (unpaired) electrons. The lowest BCUT2D eigenvalue weighted by atomic mass is 10.0. The molecule has 0 spiro atoms. The molecule has 0 bridgehead atoms. The van der Waals surface area contributed by atoms with Gasteiger partial charge in [-0.2, -0.15) is 0 Å². The van der Waals surface area contributed by atoms with E-state index >= 15 is 0 Å². The van der Waals surface area contributed by atoms with Crippen LogP contribution in [0.25, 0.3) is 0 Å². The van der Waals surface area contributed by atoms with Crippen molar-refractivity contribution in [2.24, 2.45) is 5.92 Å². The molecule has 1 N–H and O–H groups in total. The molecule has 0 fully saturated rings. The average Bonchev–Trinajstić information content (AvgIpc) is 2.36. The zero-order chi connectivity index (χ0) is 14.3. The molecule has 1 atom stereocenters. The van der Waals surface area contributed by atoms with Crippen LogP contribution in [0.5, 0.6) is 0 Å². The molecule has 3 heteroatoms. The van der Waals surface area contributed by atoms with E-state index in [0.717, 1.165) is 23.3 Å². The van der Waals surface area contributed by atoms with Crippen molar-refractivity contribution >= 4 is 0 Å². The van der Waals surface area contributed by atoms with Gasteiger partial charge in [0, 0.05) is 6.61 Å². The van der Waals surface area contributed by atoms with E-state index in [-0.39, 0.29) is 0 Å². The summed E-state index contributed by atoms with van der Waals surface area (Å²) in [4.78, 5) is 0. The predicted octanol–water partition coefficient (Wildman–Crippen LogP) is 3.03. The quantitative estimate of drug-likeness (QED) is 0.735. The molecule has 0 amide bonds. The maximum absolute atomic E-state index is 10.1. The molecule has 0 aliphatic rings. The van der Waals surface area contributed by atoms with Gasteiger partial charge in [0.2, 0.25) is 0 Å². The van der Waals surface area contributed by atoms with E-state index in [0.29, 0.717) is 25.7 Å². The third kappa shape index (κ3) is 6.19. The van der Waals surface area contributed by atoms with Crippen molar-refractivity contribution in [3.05, 3.63) is 34.9 Å². The van der Waals surface area contributed by atoms with Crippen LogP contribution in [0.4, 0.5) is 0 Å². The molecule has 0 saturated carbocycles. The molecule has 1 unspecified atom stereocenters. The Kier molecular flexibility index (Phi) is 7.06. The third-order valence-corrected chi connectivity index (χ3v) is 2.89. The van der Waals surface area contributed by atoms with Crippen LogP contribution in [0, 0.1) is 19.8 Å². The molecule has 1 aromatic rings. The molecule has 0 heterocycles. The Morgan fingerprint density at radius 1 is 1.05 bits per heavy atom. The SMILES string of the molecule is Cc1ccc(C)c(C(O)COCCOCC(C)C)c1. The Balaban J connectivity index is 2.27. The number of aliphatic hydroxyl groups is 1. The lowest BCUT2D eigenvalue weighted by molar-refractivity contribution is -0.00139. The molecule has 1 rings (SSSR count). The van der Waals surface area contributed by atoms with Crippen molar-refractivity contribution in [3.63, 3.8) is 0 Å². The van der Waals surface area contributed by atoms with Gasteiger partial charge in [-0.3, -0.25) is 0 Å². The smallest absolute Gasteiger partial charge is 0.103 e. The van der Waals surface area contributed by atoms with E-state index in [4.69, 9.17) is 9.47 Å². The zero-order valence-electron chi connectivity index (χ0n) is 12.5. The number of ether oxygens (including phenoxy) is 2. The van der Waals surface area contributed by atoms with Crippen LogP contribution in [0.2, 0.25) is 0 Å². The van der Waals surface area contributed by atoms with E-state index in [9.17, 15) is 5.11 Å². The van der Waals surface area contributed by atoms with Crippen LogP contribution < -0.4 is 0 Å². The number of rotatable bonds is 8. The van der Waals surface area contributed by atoms with Crippen molar-refractivity contribution in [3.8, 4) is 0 Å². The number of hydrogen-bond acceptors (Lipinski definition) is 3. The molecule has 0 aliphatic carbocycles. The van der Waals surface area contributed by atoms with Crippen LogP contribution in [0.15, 0.2) is 18.2 Å². The van der Waals surface area contributed by atoms with Crippen molar-refractivity contribution < 1.29 is 14.6 Å². The fourth-order valence-corrected chi connectivity index (χ4v) is 1.84. The topological polar surface area (TPSA) is 38.7 Å². The molecule has 3 nitrogen and oxygen atoms in total. The molecule has 0 aromatic heterocycles. The summed E-state index contributed by atoms with van der Waals surface area (Å²) in [6.07, 6.45) is -0.565. The van der Waals surface area contributed by atoms with Gasteiger partial charge in [0.05, 0.1) is 19.8 Å². The average molecular weight is 266 g/mol. The summed E-state index contributed by atoms with van der Waals surface area (Å²) in [5.41, 5.74) is 3.20. The lowest BCUT2D eigenvalue weighted by Crippen LogP contribution is -2.13. The number of benzene rings is 1. The summed E-state index contributed by atoms with van der Waals surface area (Å²) in [6, 6.07) is 6.09. The van der Waals surface area contributed by atoms with Crippen LogP contribution in [-0.4, -0.2) is 31.5 Å². The van der Waals surface area contributed by atoms with Gasteiger partial charge in [0.25, 0.3) is 0 Å². The third-order valence-electron chi connectivity index (χ3n) is 2.89. The van der Waals surface area contributed by atoms with Crippen molar-refractivity contribution in [1.82, 2.24) is 0 Å². The van der Waals surface area contributed by atoms with Gasteiger partial charge in [-0.1, -0.05) is 37.6 Å². The van der Waals surface area contributed by atoms with Crippen LogP contribution in [0.3, 0.4) is 0 Å². The molecule has 1 aromatic carbocycles. The molecular weight excluding hydrogens is 240 g/mol. The molecule has 19 heavy (non-hydrogen) atoms. The first-order chi connectivity index (χ1) is 9.00. The highest BCUT2D eigenvalue weighted by Crippen LogP contribution is 2.19. The number of aliphatic hydroxyl groups excluding tert-OH is 1. The molecule has 108 valence electrons. The highest BCUT2D eigenvalue weighted by Gasteiger charge is 2.10. The van der Waals surface area contributed by atoms with Gasteiger partial charge in [-0.15, -0.1) is 0 Å². The van der Waals surface area contributed by atoms with Gasteiger partial charge in [0.15, 0.2) is 0 Å². The van der Waals surface area contributed by atoms with Gasteiger partial charge < -0.3 is 14.6 Å².